The van der Waals surface area contributed by atoms with E-state index in [2.05, 4.69) is 4.74 Å². The summed E-state index contributed by atoms with van der Waals surface area (Å²) in [7, 11) is 0. The Labute approximate surface area is 186 Å². The van der Waals surface area contributed by atoms with E-state index >= 15 is 0 Å². The highest BCUT2D eigenvalue weighted by Gasteiger charge is 2.42. The number of aromatic nitrogens is 1. The van der Waals surface area contributed by atoms with E-state index in [1.54, 1.807) is 29.7 Å². The Kier molecular flexibility index (Phi) is 5.00. The van der Waals surface area contributed by atoms with E-state index in [1.807, 2.05) is 31.2 Å². The van der Waals surface area contributed by atoms with Gasteiger partial charge in [0.1, 0.15) is 5.75 Å². The quantitative estimate of drug-likeness (QED) is 0.588. The zero-order valence-corrected chi connectivity index (χ0v) is 18.2. The fourth-order valence-corrected chi connectivity index (χ4v) is 5.29. The monoisotopic (exact) mass is 458 g/mol. The van der Waals surface area contributed by atoms with Crippen LogP contribution in [-0.4, -0.2) is 23.5 Å². The van der Waals surface area contributed by atoms with E-state index in [-0.39, 0.29) is 29.7 Å². The summed E-state index contributed by atoms with van der Waals surface area (Å²) in [6, 6.07) is 12.1. The third kappa shape index (κ3) is 3.56. The molecular weight excluding hydrogens is 438 g/mol. The lowest BCUT2D eigenvalue weighted by Gasteiger charge is -2.39. The average Bonchev–Trinajstić information content (AvgIpc) is 3.03. The highest BCUT2D eigenvalue weighted by molar-refractivity contribution is 7.07. The molecule has 9 heteroatoms. The van der Waals surface area contributed by atoms with E-state index in [0.29, 0.717) is 21.3 Å². The summed E-state index contributed by atoms with van der Waals surface area (Å²) in [5, 5.41) is 0. The first-order chi connectivity index (χ1) is 15.4. The summed E-state index contributed by atoms with van der Waals surface area (Å²) in [4.78, 5) is 18.7. The molecule has 2 aliphatic heterocycles. The van der Waals surface area contributed by atoms with Gasteiger partial charge in [0.05, 0.1) is 17.2 Å². The Hall–Kier alpha value is -3.20. The zero-order chi connectivity index (χ0) is 22.5. The first kappa shape index (κ1) is 20.7. The largest absolute Gasteiger partial charge is 0.490 e. The van der Waals surface area contributed by atoms with Gasteiger partial charge in [0, 0.05) is 12.0 Å². The van der Waals surface area contributed by atoms with Crippen molar-refractivity contribution in [1.82, 2.24) is 4.57 Å². The molecule has 6 nitrogen and oxygen atoms in total. The van der Waals surface area contributed by atoms with Crippen molar-refractivity contribution in [1.29, 1.82) is 0 Å². The van der Waals surface area contributed by atoms with Gasteiger partial charge in [0.25, 0.3) is 5.56 Å². The van der Waals surface area contributed by atoms with Crippen molar-refractivity contribution in [3.8, 4) is 17.2 Å². The van der Waals surface area contributed by atoms with Crippen molar-refractivity contribution < 1.29 is 23.0 Å². The van der Waals surface area contributed by atoms with E-state index in [9.17, 15) is 13.6 Å². The SMILES string of the molecule is CCOc1cc(/C=c2\sc3n(c2=O)C2CC(C)(N=3)Oc3ccccc32)ccc1OC(F)F. The highest BCUT2D eigenvalue weighted by Crippen LogP contribution is 2.42. The molecule has 0 N–H and O–H groups in total. The minimum Gasteiger partial charge on any atom is -0.490 e. The minimum absolute atomic E-state index is 0.0494. The number of thiazole rings is 1. The Morgan fingerprint density at radius 1 is 1.31 bits per heavy atom. The van der Waals surface area contributed by atoms with Crippen LogP contribution in [0.1, 0.15) is 37.4 Å². The normalized spacial score (nSPS) is 21.4. The lowest BCUT2D eigenvalue weighted by molar-refractivity contribution is -0.0514. The van der Waals surface area contributed by atoms with Crippen LogP contribution in [-0.2, 0) is 0 Å². The third-order valence-corrected chi connectivity index (χ3v) is 6.43. The molecule has 2 atom stereocenters. The summed E-state index contributed by atoms with van der Waals surface area (Å²) in [6.07, 6.45) is 2.28. The number of ether oxygens (including phenoxy) is 3. The van der Waals surface area contributed by atoms with Crippen LogP contribution < -0.4 is 29.1 Å². The van der Waals surface area contributed by atoms with Crippen molar-refractivity contribution in [3.05, 3.63) is 73.3 Å². The van der Waals surface area contributed by atoms with Crippen molar-refractivity contribution in [2.24, 2.45) is 4.99 Å². The molecule has 0 saturated carbocycles. The molecule has 2 unspecified atom stereocenters. The molecule has 0 radical (unpaired) electrons. The maximum atomic E-state index is 13.3. The fraction of sp³-hybridized carbons (Fsp3) is 0.304. The lowest BCUT2D eigenvalue weighted by atomic mass is 9.93. The number of nitrogens with zero attached hydrogens (tertiary/aromatic N) is 2. The van der Waals surface area contributed by atoms with Crippen LogP contribution in [0.25, 0.3) is 6.08 Å². The molecule has 0 saturated heterocycles. The van der Waals surface area contributed by atoms with Crippen LogP contribution >= 0.6 is 11.3 Å². The highest BCUT2D eigenvalue weighted by atomic mass is 32.1. The van der Waals surface area contributed by atoms with Crippen molar-refractivity contribution in [2.45, 2.75) is 38.6 Å². The second kappa shape index (κ2) is 7.74. The minimum atomic E-state index is -2.95. The first-order valence-corrected chi connectivity index (χ1v) is 11.0. The molecule has 3 heterocycles. The lowest BCUT2D eigenvalue weighted by Crippen LogP contribution is -2.49. The molecule has 32 heavy (non-hydrogen) atoms. The van der Waals surface area contributed by atoms with Gasteiger partial charge in [0.2, 0.25) is 5.72 Å². The summed E-state index contributed by atoms with van der Waals surface area (Å²) >= 11 is 1.28. The van der Waals surface area contributed by atoms with E-state index in [4.69, 9.17) is 14.5 Å². The number of alkyl halides is 2. The molecule has 0 fully saturated rings. The third-order valence-electron chi connectivity index (χ3n) is 5.44. The van der Waals surface area contributed by atoms with Crippen LogP contribution in [0.2, 0.25) is 0 Å². The van der Waals surface area contributed by atoms with E-state index < -0.39 is 12.3 Å². The predicted octanol–water partition coefficient (Wildman–Crippen LogP) is 3.46. The number of hydrogen-bond acceptors (Lipinski definition) is 6. The van der Waals surface area contributed by atoms with Gasteiger partial charge in [-0.05, 0) is 43.7 Å². The van der Waals surface area contributed by atoms with Gasteiger partial charge in [-0.1, -0.05) is 35.6 Å². The molecule has 5 rings (SSSR count). The number of benzene rings is 2. The Morgan fingerprint density at radius 3 is 2.91 bits per heavy atom. The van der Waals surface area contributed by atoms with Crippen LogP contribution in [0, 0.1) is 0 Å². The summed E-state index contributed by atoms with van der Waals surface area (Å²) in [5.41, 5.74) is 0.713. The molecule has 2 aliphatic rings. The van der Waals surface area contributed by atoms with Gasteiger partial charge in [-0.15, -0.1) is 0 Å². The molecule has 0 amide bonds. The van der Waals surface area contributed by atoms with Crippen molar-refractivity contribution in [2.75, 3.05) is 6.61 Å². The Balaban J connectivity index is 1.62. The molecule has 0 aliphatic carbocycles. The summed E-state index contributed by atoms with van der Waals surface area (Å²) in [5.74, 6) is 0.880. The Morgan fingerprint density at radius 2 is 2.12 bits per heavy atom. The van der Waals surface area contributed by atoms with Gasteiger partial charge >= 0.3 is 6.61 Å². The second-order valence-electron chi connectivity index (χ2n) is 7.73. The molecule has 1 aromatic heterocycles. The van der Waals surface area contributed by atoms with Crippen molar-refractivity contribution in [3.63, 3.8) is 0 Å². The van der Waals surface area contributed by atoms with Gasteiger partial charge in [-0.3, -0.25) is 9.36 Å². The summed E-state index contributed by atoms with van der Waals surface area (Å²) in [6.45, 7) is 1.01. The topological polar surface area (TPSA) is 62.1 Å². The standard InChI is InChI=1S/C23H20F2N2O4S/c1-3-29-18-10-13(8-9-17(18)30-21(24)25)11-19-20(28)27-15-12-23(2,26-22(27)32-19)31-16-7-5-4-6-14(15)16/h4-11,15,21H,3,12H2,1-2H3/b19-11-. The number of fused-ring (bicyclic) bond motifs is 6. The molecule has 2 aromatic carbocycles. The maximum absolute atomic E-state index is 13.3. The average molecular weight is 458 g/mol. The number of rotatable bonds is 5. The second-order valence-corrected chi connectivity index (χ2v) is 8.74. The smallest absolute Gasteiger partial charge is 0.387 e. The molecular formula is C23H20F2N2O4S. The van der Waals surface area contributed by atoms with Crippen LogP contribution in [0.4, 0.5) is 8.78 Å². The number of hydrogen-bond donors (Lipinski definition) is 0. The maximum Gasteiger partial charge on any atom is 0.387 e. The zero-order valence-electron chi connectivity index (χ0n) is 17.4. The molecule has 166 valence electrons. The van der Waals surface area contributed by atoms with E-state index in [1.165, 1.54) is 17.4 Å². The van der Waals surface area contributed by atoms with Gasteiger partial charge in [-0.25, -0.2) is 4.99 Å². The predicted molar refractivity (Wildman–Crippen MR) is 115 cm³/mol. The van der Waals surface area contributed by atoms with Gasteiger partial charge < -0.3 is 14.2 Å². The number of halogens is 2. The molecule has 2 bridgehead atoms. The van der Waals surface area contributed by atoms with Crippen LogP contribution in [0.5, 0.6) is 17.2 Å². The summed E-state index contributed by atoms with van der Waals surface area (Å²) < 4.78 is 43.6. The fourth-order valence-electron chi connectivity index (χ4n) is 4.16. The molecule has 3 aromatic rings. The van der Waals surface area contributed by atoms with Gasteiger partial charge in [-0.2, -0.15) is 8.78 Å². The van der Waals surface area contributed by atoms with Crippen LogP contribution in [0.3, 0.4) is 0 Å². The number of para-hydroxylation sites is 1. The Bertz CT molecular complexity index is 1370. The molecule has 0 spiro atoms. The van der Waals surface area contributed by atoms with E-state index in [0.717, 1.165) is 11.3 Å². The van der Waals surface area contributed by atoms with Crippen LogP contribution in [0.15, 0.2) is 52.3 Å². The first-order valence-electron chi connectivity index (χ1n) is 10.2. The van der Waals surface area contributed by atoms with Crippen molar-refractivity contribution >= 4 is 17.4 Å². The van der Waals surface area contributed by atoms with Gasteiger partial charge in [0.15, 0.2) is 16.3 Å².